The van der Waals surface area contributed by atoms with E-state index in [-0.39, 0.29) is 32.4 Å². The van der Waals surface area contributed by atoms with Crippen molar-refractivity contribution in [1.82, 2.24) is 15.0 Å². The van der Waals surface area contributed by atoms with Gasteiger partial charge < -0.3 is 19.5 Å². The molecule has 0 amide bonds. The second-order valence-electron chi connectivity index (χ2n) is 8.58. The maximum absolute atomic E-state index is 12.6. The minimum Gasteiger partial charge on any atom is -0.505 e. The van der Waals surface area contributed by atoms with E-state index < -0.39 is 81.8 Å². The number of phenolic OH excluding ortho intramolecular Hbond substituents is 1. The number of benzene rings is 2. The number of fused-ring (bicyclic) bond motifs is 1. The molecule has 1 heterocycles. The lowest BCUT2D eigenvalue weighted by Gasteiger charge is -2.17. The molecular weight excluding hydrogens is 807 g/mol. The van der Waals surface area contributed by atoms with Crippen LogP contribution in [0.4, 0.5) is 17.3 Å². The lowest BCUT2D eigenvalue weighted by atomic mass is 10.1. The van der Waals surface area contributed by atoms with E-state index in [1.807, 2.05) is 0 Å². The molecule has 1 atom stereocenters. The summed E-state index contributed by atoms with van der Waals surface area (Å²) in [6.45, 7) is 0. The summed E-state index contributed by atoms with van der Waals surface area (Å²) in [7, 11) is -10.2. The molecule has 0 saturated carbocycles. The van der Waals surface area contributed by atoms with E-state index in [9.17, 15) is 39.8 Å². The normalized spacial score (nSPS) is 15.6. The summed E-state index contributed by atoms with van der Waals surface area (Å²) in [4.78, 5) is 14.0. The third kappa shape index (κ3) is 9.73. The Balaban J connectivity index is 1.93. The first-order valence-corrected chi connectivity index (χ1v) is 18.6. The molecule has 21 nitrogen and oxygen atoms in total. The molecule has 0 radical (unpaired) electrons. The molecule has 0 aliphatic heterocycles. The van der Waals surface area contributed by atoms with Crippen LogP contribution in [0.5, 0.6) is 11.5 Å². The van der Waals surface area contributed by atoms with Gasteiger partial charge in [0.05, 0.1) is 23.4 Å². The summed E-state index contributed by atoms with van der Waals surface area (Å²) in [5, 5.41) is 31.7. The highest BCUT2D eigenvalue weighted by atomic mass is 35.5. The zero-order valence-electron chi connectivity index (χ0n) is 23.4. The highest BCUT2D eigenvalue weighted by Gasteiger charge is 2.29. The molecule has 1 aliphatic rings. The molecule has 49 heavy (non-hydrogen) atoms. The van der Waals surface area contributed by atoms with Gasteiger partial charge in [0.1, 0.15) is 16.1 Å². The zero-order chi connectivity index (χ0) is 36.1. The Morgan fingerprint density at radius 2 is 1.73 bits per heavy atom. The Morgan fingerprint density at radius 1 is 1.04 bits per heavy atom. The van der Waals surface area contributed by atoms with Crippen molar-refractivity contribution in [2.24, 2.45) is 10.2 Å². The highest BCUT2D eigenvalue weighted by Crippen LogP contribution is 2.47. The van der Waals surface area contributed by atoms with E-state index in [4.69, 9.17) is 41.9 Å². The van der Waals surface area contributed by atoms with E-state index >= 15 is 0 Å². The van der Waals surface area contributed by atoms with Gasteiger partial charge in [-0.05, 0) is 47.5 Å². The average Bonchev–Trinajstić information content (AvgIpc) is 2.98. The third-order valence-electron chi connectivity index (χ3n) is 5.65. The van der Waals surface area contributed by atoms with Crippen LogP contribution in [0, 0.1) is 0 Å². The molecule has 28 heteroatoms. The lowest BCUT2D eigenvalue weighted by molar-refractivity contribution is -0.431. The molecule has 0 spiro atoms. The summed E-state index contributed by atoms with van der Waals surface area (Å²) < 4.78 is 105. The van der Waals surface area contributed by atoms with Gasteiger partial charge in [-0.3, -0.25) is 13.7 Å². The topological polar surface area (TPSA) is 308 Å². The summed E-state index contributed by atoms with van der Waals surface area (Å²) in [5.41, 5.74) is -1.60. The molecule has 0 saturated heterocycles. The van der Waals surface area contributed by atoms with Gasteiger partial charge in [-0.15, -0.1) is 13.8 Å². The van der Waals surface area contributed by atoms with Gasteiger partial charge in [0.25, 0.3) is 20.2 Å². The molecule has 0 bridgehead atoms. The predicted octanol–water partition coefficient (Wildman–Crippen LogP) is 5.19. The molecule has 3 aromatic rings. The number of rotatable bonds is 14. The van der Waals surface area contributed by atoms with Crippen LogP contribution in [0.15, 0.2) is 66.7 Å². The molecule has 1 aromatic heterocycles. The first kappa shape index (κ1) is 38.6. The Labute approximate surface area is 295 Å². The number of phenols is 1. The van der Waals surface area contributed by atoms with Crippen molar-refractivity contribution in [3.63, 3.8) is 0 Å². The first-order valence-electron chi connectivity index (χ1n) is 12.0. The number of aromatic hydroxyl groups is 1. The van der Waals surface area contributed by atoms with E-state index in [2.05, 4.69) is 39.9 Å². The SMILES string of the molecule is CSOOC=C1CC(N=Nc2c(OS(=O)O)cc3c(S(=O)(=O)O)c(Nc4nc(Cl)nc(Cl)n4)ccc3c2O)=C(S(=O)(=O)O)C=C1SOOO. The maximum atomic E-state index is 12.6. The fourth-order valence-electron chi connectivity index (χ4n) is 3.92. The van der Waals surface area contributed by atoms with Crippen LogP contribution >= 0.6 is 47.3 Å². The minimum absolute atomic E-state index is 0.0618. The van der Waals surface area contributed by atoms with E-state index in [0.717, 1.165) is 42.6 Å². The molecule has 6 N–H and O–H groups in total. The largest absolute Gasteiger partial charge is 0.505 e. The van der Waals surface area contributed by atoms with E-state index in [0.29, 0.717) is 12.0 Å². The highest BCUT2D eigenvalue weighted by molar-refractivity contribution is 7.98. The Morgan fingerprint density at radius 3 is 2.33 bits per heavy atom. The summed E-state index contributed by atoms with van der Waals surface area (Å²) >= 11 is 9.48. The molecule has 264 valence electrons. The van der Waals surface area contributed by atoms with Crippen molar-refractivity contribution < 1.29 is 67.8 Å². The number of anilines is 2. The van der Waals surface area contributed by atoms with Gasteiger partial charge in [-0.1, -0.05) is 5.04 Å². The van der Waals surface area contributed by atoms with Crippen molar-refractivity contribution in [3.05, 3.63) is 62.2 Å². The van der Waals surface area contributed by atoms with Gasteiger partial charge in [0, 0.05) is 46.0 Å². The van der Waals surface area contributed by atoms with Crippen LogP contribution in [0.3, 0.4) is 0 Å². The molecular formula is C21H16Cl2N6O15S5. The lowest BCUT2D eigenvalue weighted by Crippen LogP contribution is -2.09. The van der Waals surface area contributed by atoms with Crippen molar-refractivity contribution in [3.8, 4) is 11.5 Å². The van der Waals surface area contributed by atoms with Crippen LogP contribution in [0.1, 0.15) is 6.42 Å². The number of hydrogen-bond donors (Lipinski definition) is 6. The fraction of sp³-hybridized carbons (Fsp3) is 0.0952. The number of halogens is 2. The van der Waals surface area contributed by atoms with Crippen LogP contribution in [-0.4, -0.2) is 66.3 Å². The molecule has 0 fully saturated rings. The number of aromatic nitrogens is 3. The van der Waals surface area contributed by atoms with Crippen LogP contribution in [0.25, 0.3) is 10.8 Å². The number of hydrogen-bond acceptors (Lipinski definition) is 20. The number of nitrogens with zero attached hydrogens (tertiary/aromatic N) is 5. The second-order valence-corrected chi connectivity index (χ2v) is 13.8. The standard InChI is InChI=1S/C21H16Cl2N6O15S5/c1-45-43-40-7-8-4-12(15(48(34,35)36)6-14(8)46-44-42-31)28-29-16-13(41-47(32)33)5-10-9(17(16)30)2-3-11(18(10)49(37,38)39)24-21-26-19(22)25-20(23)27-21/h2-3,5-7,30-31H,4H2,1H3,(H,32,33)(H,34,35,36)(H,37,38,39)(H,24,25,26,27). The second kappa shape index (κ2) is 16.2. The number of allylic oxidation sites excluding steroid dienone is 3. The van der Waals surface area contributed by atoms with E-state index in [1.54, 1.807) is 0 Å². The summed E-state index contributed by atoms with van der Waals surface area (Å²) in [6.07, 6.45) is 2.81. The minimum atomic E-state index is -5.19. The van der Waals surface area contributed by atoms with Gasteiger partial charge >= 0.3 is 11.4 Å². The maximum Gasteiger partial charge on any atom is 0.357 e. The zero-order valence-corrected chi connectivity index (χ0v) is 29.0. The van der Waals surface area contributed by atoms with Crippen LogP contribution < -0.4 is 9.50 Å². The summed E-state index contributed by atoms with van der Waals surface area (Å²) in [5.74, 6) is -2.11. The summed E-state index contributed by atoms with van der Waals surface area (Å²) in [6, 6.07) is 2.96. The Kier molecular flexibility index (Phi) is 12.8. The van der Waals surface area contributed by atoms with E-state index in [1.165, 1.54) is 6.26 Å². The molecule has 2 aromatic carbocycles. The first-order chi connectivity index (χ1) is 23.0. The van der Waals surface area contributed by atoms with Crippen molar-refractivity contribution in [1.29, 1.82) is 0 Å². The molecule has 4 rings (SSSR count). The van der Waals surface area contributed by atoms with Gasteiger partial charge in [-0.2, -0.15) is 41.1 Å². The molecule has 1 aliphatic carbocycles. The predicted molar refractivity (Wildman–Crippen MR) is 172 cm³/mol. The quantitative estimate of drug-likeness (QED) is 0.0178. The third-order valence-corrected chi connectivity index (χ3v) is 9.08. The van der Waals surface area contributed by atoms with Crippen molar-refractivity contribution >= 4 is 107 Å². The number of azo groups is 1. The van der Waals surface area contributed by atoms with Gasteiger partial charge in [0.15, 0.2) is 17.2 Å². The Hall–Kier alpha value is -3.22. The van der Waals surface area contributed by atoms with Crippen LogP contribution in [0.2, 0.25) is 10.6 Å². The monoisotopic (exact) mass is 822 g/mol. The van der Waals surface area contributed by atoms with Crippen molar-refractivity contribution in [2.75, 3.05) is 11.6 Å². The fourth-order valence-corrected chi connectivity index (χ4v) is 6.78. The van der Waals surface area contributed by atoms with Gasteiger partial charge in [-0.25, -0.2) is 5.26 Å². The molecule has 1 unspecified atom stereocenters. The van der Waals surface area contributed by atoms with Gasteiger partial charge in [0.2, 0.25) is 16.5 Å². The number of nitrogens with one attached hydrogen (secondary N) is 1. The van der Waals surface area contributed by atoms with Crippen LogP contribution in [-0.2, 0) is 50.2 Å². The average molecular weight is 824 g/mol. The smallest absolute Gasteiger partial charge is 0.357 e. The van der Waals surface area contributed by atoms with Crippen molar-refractivity contribution in [2.45, 2.75) is 11.3 Å². The Bertz CT molecular complexity index is 2150.